The Kier molecular flexibility index (Phi) is 4.63. The molecule has 1 N–H and O–H groups in total. The van der Waals surface area contributed by atoms with Crippen LogP contribution in [0.1, 0.15) is 18.6 Å². The molecule has 8 nitrogen and oxygen atoms in total. The lowest BCUT2D eigenvalue weighted by Gasteiger charge is -2.32. The molecule has 8 heteroatoms. The van der Waals surface area contributed by atoms with Gasteiger partial charge in [-0.3, -0.25) is 9.36 Å². The van der Waals surface area contributed by atoms with Gasteiger partial charge in [0.1, 0.15) is 12.1 Å². The molecule has 0 spiro atoms. The molecule has 0 saturated carbocycles. The van der Waals surface area contributed by atoms with Gasteiger partial charge in [-0.25, -0.2) is 4.98 Å². The Balaban J connectivity index is 1.37. The maximum atomic E-state index is 12.5. The van der Waals surface area contributed by atoms with Crippen LogP contribution >= 0.6 is 0 Å². The first-order chi connectivity index (χ1) is 12.8. The SMILES string of the molecule is O=C(NCc1ccco1)[C@H]1CCCN(c2ccc(-n3ccnc3)nn2)C1. The number of anilines is 1. The molecule has 4 heterocycles. The van der Waals surface area contributed by atoms with E-state index in [2.05, 4.69) is 25.4 Å². The van der Waals surface area contributed by atoms with Crippen molar-refractivity contribution < 1.29 is 9.21 Å². The largest absolute Gasteiger partial charge is 0.467 e. The average Bonchev–Trinajstić information content (AvgIpc) is 3.40. The maximum Gasteiger partial charge on any atom is 0.225 e. The quantitative estimate of drug-likeness (QED) is 0.753. The topological polar surface area (TPSA) is 89.1 Å². The van der Waals surface area contributed by atoms with E-state index in [-0.39, 0.29) is 11.8 Å². The van der Waals surface area contributed by atoms with Crippen LogP contribution in [-0.4, -0.2) is 38.7 Å². The molecule has 0 aromatic carbocycles. The van der Waals surface area contributed by atoms with Crippen LogP contribution in [0.3, 0.4) is 0 Å². The number of piperidine rings is 1. The molecule has 3 aromatic rings. The highest BCUT2D eigenvalue weighted by molar-refractivity contribution is 5.79. The maximum absolute atomic E-state index is 12.5. The van der Waals surface area contributed by atoms with Crippen LogP contribution in [0, 0.1) is 5.92 Å². The molecule has 134 valence electrons. The summed E-state index contributed by atoms with van der Waals surface area (Å²) in [5.41, 5.74) is 0. The van der Waals surface area contributed by atoms with Crippen molar-refractivity contribution >= 4 is 11.7 Å². The van der Waals surface area contributed by atoms with Crippen molar-refractivity contribution in [2.24, 2.45) is 5.92 Å². The first-order valence-electron chi connectivity index (χ1n) is 8.67. The molecule has 26 heavy (non-hydrogen) atoms. The zero-order valence-corrected chi connectivity index (χ0v) is 14.3. The Morgan fingerprint density at radius 3 is 2.88 bits per heavy atom. The van der Waals surface area contributed by atoms with Crippen molar-refractivity contribution in [2.45, 2.75) is 19.4 Å². The fraction of sp³-hybridized carbons (Fsp3) is 0.333. The van der Waals surface area contributed by atoms with E-state index in [1.54, 1.807) is 23.4 Å². The molecule has 0 aliphatic carbocycles. The van der Waals surface area contributed by atoms with E-state index in [9.17, 15) is 4.79 Å². The van der Waals surface area contributed by atoms with E-state index >= 15 is 0 Å². The second-order valence-corrected chi connectivity index (χ2v) is 6.30. The molecular weight excluding hydrogens is 332 g/mol. The van der Waals surface area contributed by atoms with Gasteiger partial charge in [-0.15, -0.1) is 10.2 Å². The molecule has 4 rings (SSSR count). The van der Waals surface area contributed by atoms with E-state index in [0.29, 0.717) is 13.1 Å². The molecular formula is C18H20N6O2. The van der Waals surface area contributed by atoms with Crippen molar-refractivity contribution in [3.8, 4) is 5.82 Å². The van der Waals surface area contributed by atoms with Crippen molar-refractivity contribution in [1.29, 1.82) is 0 Å². The summed E-state index contributed by atoms with van der Waals surface area (Å²) < 4.78 is 7.06. The summed E-state index contributed by atoms with van der Waals surface area (Å²) >= 11 is 0. The number of nitrogens with one attached hydrogen (secondary N) is 1. The van der Waals surface area contributed by atoms with Crippen LogP contribution in [0.4, 0.5) is 5.82 Å². The Bertz CT molecular complexity index is 829. The number of nitrogens with zero attached hydrogens (tertiary/aromatic N) is 5. The number of aromatic nitrogens is 4. The van der Waals surface area contributed by atoms with Gasteiger partial charge >= 0.3 is 0 Å². The highest BCUT2D eigenvalue weighted by Gasteiger charge is 2.26. The third-order valence-electron chi connectivity index (χ3n) is 4.54. The van der Waals surface area contributed by atoms with Gasteiger partial charge in [-0.1, -0.05) is 0 Å². The van der Waals surface area contributed by atoms with Crippen molar-refractivity contribution in [2.75, 3.05) is 18.0 Å². The minimum atomic E-state index is -0.0613. The second kappa shape index (κ2) is 7.38. The summed E-state index contributed by atoms with van der Waals surface area (Å²) in [5, 5.41) is 11.5. The zero-order chi connectivity index (χ0) is 17.8. The first-order valence-corrected chi connectivity index (χ1v) is 8.67. The number of furan rings is 1. The highest BCUT2D eigenvalue weighted by atomic mass is 16.3. The van der Waals surface area contributed by atoms with E-state index in [0.717, 1.165) is 36.8 Å². The molecule has 0 bridgehead atoms. The van der Waals surface area contributed by atoms with Crippen LogP contribution in [0.15, 0.2) is 53.7 Å². The van der Waals surface area contributed by atoms with Gasteiger partial charge in [0, 0.05) is 25.5 Å². The van der Waals surface area contributed by atoms with Gasteiger partial charge < -0.3 is 14.6 Å². The predicted molar refractivity (Wildman–Crippen MR) is 94.6 cm³/mol. The summed E-state index contributed by atoms with van der Waals surface area (Å²) in [6, 6.07) is 7.51. The Morgan fingerprint density at radius 1 is 1.27 bits per heavy atom. The fourth-order valence-corrected chi connectivity index (χ4v) is 3.15. The molecule has 1 aliphatic heterocycles. The average molecular weight is 352 g/mol. The smallest absolute Gasteiger partial charge is 0.225 e. The Labute approximate surface area is 150 Å². The number of amides is 1. The molecule has 1 saturated heterocycles. The Morgan fingerprint density at radius 2 is 2.15 bits per heavy atom. The molecule has 0 radical (unpaired) electrons. The monoisotopic (exact) mass is 352 g/mol. The van der Waals surface area contributed by atoms with Crippen LogP contribution in [0.2, 0.25) is 0 Å². The van der Waals surface area contributed by atoms with E-state index in [4.69, 9.17) is 4.42 Å². The van der Waals surface area contributed by atoms with Crippen LogP contribution in [0.25, 0.3) is 5.82 Å². The lowest BCUT2D eigenvalue weighted by Crippen LogP contribution is -2.43. The minimum absolute atomic E-state index is 0.0501. The number of imidazole rings is 1. The van der Waals surface area contributed by atoms with Crippen molar-refractivity contribution in [3.05, 3.63) is 55.0 Å². The lowest BCUT2D eigenvalue weighted by atomic mass is 9.97. The summed E-state index contributed by atoms with van der Waals surface area (Å²) in [6.07, 6.45) is 8.64. The van der Waals surface area contributed by atoms with Gasteiger partial charge in [0.2, 0.25) is 5.91 Å². The summed E-state index contributed by atoms with van der Waals surface area (Å²) in [5.74, 6) is 2.25. The van der Waals surface area contributed by atoms with Crippen LogP contribution in [-0.2, 0) is 11.3 Å². The highest BCUT2D eigenvalue weighted by Crippen LogP contribution is 2.22. The predicted octanol–water partition coefficient (Wildman–Crippen LogP) is 1.79. The first kappa shape index (κ1) is 16.3. The third-order valence-corrected chi connectivity index (χ3v) is 4.54. The minimum Gasteiger partial charge on any atom is -0.467 e. The van der Waals surface area contributed by atoms with Gasteiger partial charge in [0.15, 0.2) is 11.6 Å². The summed E-state index contributed by atoms with van der Waals surface area (Å²) in [7, 11) is 0. The molecule has 1 aliphatic rings. The molecule has 1 atom stereocenters. The van der Waals surface area contributed by atoms with Crippen LogP contribution in [0.5, 0.6) is 0 Å². The fourth-order valence-electron chi connectivity index (χ4n) is 3.15. The molecule has 0 unspecified atom stereocenters. The number of carbonyl (C=O) groups excluding carboxylic acids is 1. The number of rotatable bonds is 5. The molecule has 1 fully saturated rings. The van der Waals surface area contributed by atoms with E-state index in [1.807, 2.05) is 30.5 Å². The van der Waals surface area contributed by atoms with Crippen molar-refractivity contribution in [1.82, 2.24) is 25.1 Å². The van der Waals surface area contributed by atoms with Gasteiger partial charge in [0.25, 0.3) is 0 Å². The summed E-state index contributed by atoms with van der Waals surface area (Å²) in [6.45, 7) is 1.94. The van der Waals surface area contributed by atoms with Crippen LogP contribution < -0.4 is 10.2 Å². The van der Waals surface area contributed by atoms with Gasteiger partial charge in [-0.05, 0) is 37.1 Å². The Hall–Kier alpha value is -3.16. The van der Waals surface area contributed by atoms with Crippen molar-refractivity contribution in [3.63, 3.8) is 0 Å². The number of carbonyl (C=O) groups is 1. The number of hydrogen-bond donors (Lipinski definition) is 1. The molecule has 1 amide bonds. The second-order valence-electron chi connectivity index (χ2n) is 6.30. The summed E-state index contributed by atoms with van der Waals surface area (Å²) in [4.78, 5) is 18.6. The van der Waals surface area contributed by atoms with Gasteiger partial charge in [-0.2, -0.15) is 0 Å². The standard InChI is InChI=1S/C18H20N6O2/c25-18(20-11-15-4-2-10-26-15)14-3-1-8-23(12-14)16-5-6-17(22-21-16)24-9-7-19-13-24/h2,4-7,9-10,13-14H,1,3,8,11-12H2,(H,20,25)/t14-/m0/s1. The van der Waals surface area contributed by atoms with Gasteiger partial charge in [0.05, 0.1) is 18.7 Å². The normalized spacial score (nSPS) is 17.2. The zero-order valence-electron chi connectivity index (χ0n) is 14.3. The lowest BCUT2D eigenvalue weighted by molar-refractivity contribution is -0.125. The van der Waals surface area contributed by atoms with E-state index < -0.39 is 0 Å². The number of hydrogen-bond acceptors (Lipinski definition) is 6. The molecule has 3 aromatic heterocycles. The van der Waals surface area contributed by atoms with E-state index in [1.165, 1.54) is 0 Å². The third kappa shape index (κ3) is 3.58.